The van der Waals surface area contributed by atoms with E-state index in [4.69, 9.17) is 11.6 Å². The summed E-state index contributed by atoms with van der Waals surface area (Å²) < 4.78 is 29.7. The van der Waals surface area contributed by atoms with E-state index in [0.717, 1.165) is 5.56 Å². The number of nitrogens with one attached hydrogen (secondary N) is 1. The van der Waals surface area contributed by atoms with Gasteiger partial charge in [-0.25, -0.2) is 18.1 Å². The highest BCUT2D eigenvalue weighted by atomic mass is 35.5. The third-order valence-corrected chi connectivity index (χ3v) is 7.65. The molecule has 8 nitrogen and oxygen atoms in total. The number of para-hydroxylation sites is 1. The number of aromatic nitrogens is 3. The maximum atomic E-state index is 13.4. The van der Waals surface area contributed by atoms with Crippen molar-refractivity contribution in [3.05, 3.63) is 95.4 Å². The number of anilines is 2. The molecule has 2 aromatic carbocycles. The first kappa shape index (κ1) is 21.2. The number of hydrogen-bond donors (Lipinski definition) is 1. The van der Waals surface area contributed by atoms with Crippen LogP contribution in [0.3, 0.4) is 0 Å². The molecule has 1 aliphatic heterocycles. The molecule has 3 heterocycles. The maximum absolute atomic E-state index is 13.4. The normalized spacial score (nSPS) is 13.1. The lowest BCUT2D eigenvalue weighted by Gasteiger charge is -2.20. The highest BCUT2D eigenvalue weighted by Gasteiger charge is 2.32. The number of fused-ring (bicyclic) bond motifs is 1. The van der Waals surface area contributed by atoms with Gasteiger partial charge in [0.25, 0.3) is 15.9 Å². The summed E-state index contributed by atoms with van der Waals surface area (Å²) in [4.78, 5) is 17.0. The van der Waals surface area contributed by atoms with Gasteiger partial charge in [0, 0.05) is 24.5 Å². The van der Waals surface area contributed by atoms with Gasteiger partial charge in [-0.2, -0.15) is 5.10 Å². The lowest BCUT2D eigenvalue weighted by molar-refractivity contribution is 0.102. The number of pyridine rings is 1. The molecule has 166 valence electrons. The third kappa shape index (κ3) is 3.96. The van der Waals surface area contributed by atoms with Crippen LogP contribution in [-0.4, -0.2) is 35.6 Å². The molecule has 0 fully saturated rings. The predicted molar refractivity (Wildman–Crippen MR) is 125 cm³/mol. The summed E-state index contributed by atoms with van der Waals surface area (Å²) in [6, 6.07) is 16.7. The minimum absolute atomic E-state index is 0.0566. The first-order valence-corrected chi connectivity index (χ1v) is 11.9. The summed E-state index contributed by atoms with van der Waals surface area (Å²) in [5.74, 6) is 0.127. The summed E-state index contributed by atoms with van der Waals surface area (Å²) >= 11 is 6.26. The van der Waals surface area contributed by atoms with Crippen molar-refractivity contribution >= 4 is 38.9 Å². The van der Waals surface area contributed by atoms with Gasteiger partial charge in [0.15, 0.2) is 5.82 Å². The van der Waals surface area contributed by atoms with Crippen LogP contribution in [0.1, 0.15) is 15.9 Å². The van der Waals surface area contributed by atoms with Crippen molar-refractivity contribution in [3.63, 3.8) is 0 Å². The van der Waals surface area contributed by atoms with Gasteiger partial charge in [0.1, 0.15) is 4.90 Å². The fourth-order valence-corrected chi connectivity index (χ4v) is 5.73. The van der Waals surface area contributed by atoms with E-state index < -0.39 is 15.9 Å². The highest BCUT2D eigenvalue weighted by molar-refractivity contribution is 7.93. The number of sulfonamides is 1. The number of halogens is 1. The molecule has 1 N–H and O–H groups in total. The van der Waals surface area contributed by atoms with Crippen LogP contribution in [0.5, 0.6) is 0 Å². The zero-order valence-corrected chi connectivity index (χ0v) is 18.8. The predicted octanol–water partition coefficient (Wildman–Crippen LogP) is 3.92. The SMILES string of the molecule is O=C(Nc1ccc(-n2cccn2)nc1)c1ccc(Cl)c(S(=O)(=O)N2CCc3ccccc32)c1. The van der Waals surface area contributed by atoms with Crippen LogP contribution in [0.15, 0.2) is 84.1 Å². The molecule has 33 heavy (non-hydrogen) atoms. The third-order valence-electron chi connectivity index (χ3n) is 5.35. The standard InChI is InChI=1S/C23H18ClN5O3S/c24-19-8-6-17(23(30)27-18-7-9-22(25-15-18)28-12-3-11-26-28)14-21(19)33(31,32)29-13-10-16-4-1-2-5-20(16)29/h1-9,11-12,14-15H,10,13H2,(H,27,30). The van der Waals surface area contributed by atoms with E-state index in [2.05, 4.69) is 15.4 Å². The van der Waals surface area contributed by atoms with Gasteiger partial charge in [0.05, 0.1) is 22.6 Å². The van der Waals surface area contributed by atoms with Crippen molar-refractivity contribution in [1.29, 1.82) is 0 Å². The monoisotopic (exact) mass is 479 g/mol. The number of rotatable bonds is 5. The Balaban J connectivity index is 1.40. The van der Waals surface area contributed by atoms with Crippen molar-refractivity contribution in [2.75, 3.05) is 16.2 Å². The molecule has 4 aromatic rings. The van der Waals surface area contributed by atoms with Crippen molar-refractivity contribution in [2.45, 2.75) is 11.3 Å². The van der Waals surface area contributed by atoms with E-state index in [-0.39, 0.29) is 15.5 Å². The average molecular weight is 480 g/mol. The van der Waals surface area contributed by atoms with Gasteiger partial charge in [0.2, 0.25) is 0 Å². The van der Waals surface area contributed by atoms with Crippen molar-refractivity contribution in [2.24, 2.45) is 0 Å². The van der Waals surface area contributed by atoms with Gasteiger partial charge in [-0.05, 0) is 54.4 Å². The van der Waals surface area contributed by atoms with Crippen LogP contribution >= 0.6 is 11.6 Å². The average Bonchev–Trinajstić information content (AvgIpc) is 3.50. The van der Waals surface area contributed by atoms with Crippen LogP contribution in [0.4, 0.5) is 11.4 Å². The second-order valence-electron chi connectivity index (χ2n) is 7.41. The minimum Gasteiger partial charge on any atom is -0.321 e. The van der Waals surface area contributed by atoms with Gasteiger partial charge in [-0.3, -0.25) is 9.10 Å². The molecule has 1 amide bonds. The molecular formula is C23H18ClN5O3S. The van der Waals surface area contributed by atoms with Gasteiger partial charge >= 0.3 is 0 Å². The Morgan fingerprint density at radius 1 is 1.06 bits per heavy atom. The first-order chi connectivity index (χ1) is 15.9. The fourth-order valence-electron chi connectivity index (χ4n) is 3.72. The molecule has 0 saturated carbocycles. The minimum atomic E-state index is -3.94. The van der Waals surface area contributed by atoms with Crippen molar-refractivity contribution in [3.8, 4) is 5.82 Å². The van der Waals surface area contributed by atoms with E-state index in [1.54, 1.807) is 47.4 Å². The Kier molecular flexibility index (Phi) is 5.35. The van der Waals surface area contributed by atoms with Crippen LogP contribution in [0, 0.1) is 0 Å². The second kappa shape index (κ2) is 8.34. The van der Waals surface area contributed by atoms with E-state index >= 15 is 0 Å². The Morgan fingerprint density at radius 2 is 1.91 bits per heavy atom. The van der Waals surface area contributed by atoms with Gasteiger partial charge in [-0.1, -0.05) is 29.8 Å². The Morgan fingerprint density at radius 3 is 2.67 bits per heavy atom. The molecule has 0 unspecified atom stereocenters. The maximum Gasteiger partial charge on any atom is 0.265 e. The molecule has 0 atom stereocenters. The fraction of sp³-hybridized carbons (Fsp3) is 0.0870. The lowest BCUT2D eigenvalue weighted by Crippen LogP contribution is -2.29. The largest absolute Gasteiger partial charge is 0.321 e. The van der Waals surface area contributed by atoms with E-state index in [0.29, 0.717) is 30.2 Å². The zero-order valence-electron chi connectivity index (χ0n) is 17.2. The summed E-state index contributed by atoms with van der Waals surface area (Å²) in [6.07, 6.45) is 5.53. The quantitative estimate of drug-likeness (QED) is 0.468. The molecule has 10 heteroatoms. The summed E-state index contributed by atoms with van der Waals surface area (Å²) in [5.41, 5.74) is 2.22. The van der Waals surface area contributed by atoms with Gasteiger partial charge in [-0.15, -0.1) is 0 Å². The Hall–Kier alpha value is -3.69. The molecule has 2 aromatic heterocycles. The molecule has 5 rings (SSSR count). The van der Waals surface area contributed by atoms with E-state index in [9.17, 15) is 13.2 Å². The van der Waals surface area contributed by atoms with Crippen LogP contribution in [0.25, 0.3) is 5.82 Å². The number of carbonyl (C=O) groups is 1. The smallest absolute Gasteiger partial charge is 0.265 e. The molecular weight excluding hydrogens is 462 g/mol. The Labute approximate surface area is 195 Å². The molecule has 1 aliphatic rings. The van der Waals surface area contributed by atoms with E-state index in [1.165, 1.54) is 28.7 Å². The number of nitrogens with zero attached hydrogens (tertiary/aromatic N) is 4. The number of amides is 1. The summed E-state index contributed by atoms with van der Waals surface area (Å²) in [5, 5.41) is 6.89. The van der Waals surface area contributed by atoms with Crippen molar-refractivity contribution in [1.82, 2.24) is 14.8 Å². The number of carbonyl (C=O) groups excluding carboxylic acids is 1. The van der Waals surface area contributed by atoms with Crippen LogP contribution < -0.4 is 9.62 Å². The lowest BCUT2D eigenvalue weighted by atomic mass is 10.2. The molecule has 0 bridgehead atoms. The first-order valence-electron chi connectivity index (χ1n) is 10.1. The Bertz CT molecular complexity index is 1440. The molecule has 0 radical (unpaired) electrons. The van der Waals surface area contributed by atoms with Crippen LogP contribution in [-0.2, 0) is 16.4 Å². The van der Waals surface area contributed by atoms with Crippen LogP contribution in [0.2, 0.25) is 5.02 Å². The second-order valence-corrected chi connectivity index (χ2v) is 9.65. The van der Waals surface area contributed by atoms with E-state index in [1.807, 2.05) is 12.1 Å². The molecule has 0 spiro atoms. The summed E-state index contributed by atoms with van der Waals surface area (Å²) in [6.45, 7) is 0.322. The molecule has 0 saturated heterocycles. The number of benzene rings is 2. The zero-order chi connectivity index (χ0) is 23.0. The summed E-state index contributed by atoms with van der Waals surface area (Å²) in [7, 11) is -3.94. The van der Waals surface area contributed by atoms with Crippen molar-refractivity contribution < 1.29 is 13.2 Å². The number of hydrogen-bond acceptors (Lipinski definition) is 5. The topological polar surface area (TPSA) is 97.2 Å². The molecule has 0 aliphatic carbocycles. The highest BCUT2D eigenvalue weighted by Crippen LogP contribution is 2.35. The van der Waals surface area contributed by atoms with Gasteiger partial charge < -0.3 is 5.32 Å².